The third-order valence-electron chi connectivity index (χ3n) is 3.03. The number of hydrogen-bond donors (Lipinski definition) is 4. The third kappa shape index (κ3) is 4.11. The van der Waals surface area contributed by atoms with Crippen LogP contribution in [0.5, 0.6) is 5.75 Å². The Morgan fingerprint density at radius 2 is 1.25 bits per heavy atom. The van der Waals surface area contributed by atoms with E-state index in [-0.39, 0.29) is 22.6 Å². The molecule has 24 heavy (non-hydrogen) atoms. The summed E-state index contributed by atoms with van der Waals surface area (Å²) in [5.41, 5.74) is 5.67. The lowest BCUT2D eigenvalue weighted by atomic mass is 10.1. The number of aromatic hydroxyl groups is 1. The molecule has 0 aliphatic carbocycles. The molecule has 0 aromatic heterocycles. The van der Waals surface area contributed by atoms with Crippen LogP contribution in [0.15, 0.2) is 46.2 Å². The van der Waals surface area contributed by atoms with E-state index in [1.165, 1.54) is 36.4 Å². The van der Waals surface area contributed by atoms with Gasteiger partial charge in [0.2, 0.25) is 0 Å². The molecule has 0 bridgehead atoms. The third-order valence-corrected chi connectivity index (χ3v) is 4.85. The van der Waals surface area contributed by atoms with Gasteiger partial charge in [0.15, 0.2) is 0 Å². The fourth-order valence-corrected chi connectivity index (χ4v) is 3.40. The number of rotatable bonds is 4. The summed E-state index contributed by atoms with van der Waals surface area (Å²) in [6.45, 7) is 0. The van der Waals surface area contributed by atoms with Crippen molar-refractivity contribution in [3.05, 3.63) is 47.5 Å². The van der Waals surface area contributed by atoms with Gasteiger partial charge in [-0.05, 0) is 35.4 Å². The minimum atomic E-state index is -4.60. The van der Waals surface area contributed by atoms with E-state index < -0.39 is 30.0 Å². The van der Waals surface area contributed by atoms with Crippen molar-refractivity contribution in [2.45, 2.75) is 9.79 Å². The molecule has 0 aliphatic rings. The number of hydrogen-bond acceptors (Lipinski definition) is 6. The summed E-state index contributed by atoms with van der Waals surface area (Å²) in [7, 11) is -9.15. The van der Waals surface area contributed by atoms with Crippen LogP contribution in [0, 0.1) is 0 Å². The summed E-state index contributed by atoms with van der Waals surface area (Å²) in [5.74, 6) is -0.370. The lowest BCUT2D eigenvalue weighted by Crippen LogP contribution is -2.02. The maximum Gasteiger partial charge on any atom is 0.295 e. The first-order valence-electron chi connectivity index (χ1n) is 6.34. The highest BCUT2D eigenvalue weighted by atomic mass is 32.2. The number of nitrogen functional groups attached to an aromatic ring is 1. The van der Waals surface area contributed by atoms with Crippen LogP contribution in [0.25, 0.3) is 12.2 Å². The molecule has 0 amide bonds. The van der Waals surface area contributed by atoms with Gasteiger partial charge in [-0.1, -0.05) is 18.2 Å². The van der Waals surface area contributed by atoms with E-state index in [1.54, 1.807) is 0 Å². The van der Waals surface area contributed by atoms with Crippen LogP contribution >= 0.6 is 0 Å². The highest BCUT2D eigenvalue weighted by Gasteiger charge is 2.16. The van der Waals surface area contributed by atoms with Gasteiger partial charge in [-0.3, -0.25) is 9.11 Å². The van der Waals surface area contributed by atoms with Crippen molar-refractivity contribution in [1.82, 2.24) is 0 Å². The molecule has 0 aliphatic heterocycles. The molecule has 0 spiro atoms. The van der Waals surface area contributed by atoms with Crippen molar-refractivity contribution in [2.75, 3.05) is 5.73 Å². The first kappa shape index (κ1) is 17.9. The molecule has 5 N–H and O–H groups in total. The lowest BCUT2D eigenvalue weighted by Gasteiger charge is -2.06. The van der Waals surface area contributed by atoms with Gasteiger partial charge in [0.25, 0.3) is 20.2 Å². The van der Waals surface area contributed by atoms with Gasteiger partial charge in [-0.15, -0.1) is 0 Å². The summed E-state index contributed by atoms with van der Waals surface area (Å²) in [6, 6.07) is 7.04. The van der Waals surface area contributed by atoms with Crippen molar-refractivity contribution in [3.63, 3.8) is 0 Å². The quantitative estimate of drug-likeness (QED) is 0.359. The van der Waals surface area contributed by atoms with Crippen LogP contribution in [-0.4, -0.2) is 31.0 Å². The monoisotopic (exact) mass is 371 g/mol. The largest absolute Gasteiger partial charge is 0.508 e. The number of benzene rings is 2. The maximum absolute atomic E-state index is 11.4. The van der Waals surface area contributed by atoms with Crippen LogP contribution in [-0.2, 0) is 20.2 Å². The van der Waals surface area contributed by atoms with E-state index in [1.807, 2.05) is 0 Å². The molecular formula is C14H13NO7S2. The van der Waals surface area contributed by atoms with E-state index in [9.17, 15) is 31.0 Å². The minimum Gasteiger partial charge on any atom is -0.508 e. The molecule has 128 valence electrons. The van der Waals surface area contributed by atoms with E-state index in [2.05, 4.69) is 0 Å². The Bertz CT molecular complexity index is 942. The molecule has 2 aromatic rings. The average molecular weight is 371 g/mol. The van der Waals surface area contributed by atoms with Crippen LogP contribution < -0.4 is 5.73 Å². The van der Waals surface area contributed by atoms with E-state index in [4.69, 9.17) is 5.73 Å². The van der Waals surface area contributed by atoms with Gasteiger partial charge in [0.05, 0.1) is 0 Å². The summed E-state index contributed by atoms with van der Waals surface area (Å²) >= 11 is 0. The smallest absolute Gasteiger partial charge is 0.295 e. The first-order chi connectivity index (χ1) is 11.0. The van der Waals surface area contributed by atoms with E-state index in [0.29, 0.717) is 0 Å². The summed E-state index contributed by atoms with van der Waals surface area (Å²) in [5, 5.41) is 9.34. The van der Waals surface area contributed by atoms with Gasteiger partial charge in [-0.2, -0.15) is 16.8 Å². The fourth-order valence-electron chi connectivity index (χ4n) is 1.98. The van der Waals surface area contributed by atoms with Crippen LogP contribution in [0.4, 0.5) is 5.69 Å². The predicted molar refractivity (Wildman–Crippen MR) is 87.5 cm³/mol. The predicted octanol–water partition coefficient (Wildman–Crippen LogP) is 1.64. The molecule has 2 rings (SSSR count). The Hall–Kier alpha value is -2.40. The van der Waals surface area contributed by atoms with Crippen molar-refractivity contribution in [2.24, 2.45) is 0 Å². The first-order valence-corrected chi connectivity index (χ1v) is 9.22. The maximum atomic E-state index is 11.4. The second-order valence-corrected chi connectivity index (χ2v) is 7.58. The Balaban J connectivity index is 2.59. The molecule has 10 heteroatoms. The van der Waals surface area contributed by atoms with Crippen LogP contribution in [0.3, 0.4) is 0 Å². The Kier molecular flexibility index (Phi) is 4.67. The van der Waals surface area contributed by atoms with Gasteiger partial charge in [-0.25, -0.2) is 0 Å². The number of phenolic OH excluding ortho intramolecular Hbond substituents is 1. The Morgan fingerprint density at radius 1 is 0.792 bits per heavy atom. The molecule has 2 aromatic carbocycles. The summed E-state index contributed by atoms with van der Waals surface area (Å²) in [4.78, 5) is -1.01. The van der Waals surface area contributed by atoms with E-state index in [0.717, 1.165) is 12.1 Å². The van der Waals surface area contributed by atoms with Crippen molar-refractivity contribution in [1.29, 1.82) is 0 Å². The zero-order chi connectivity index (χ0) is 18.1. The molecule has 0 fully saturated rings. The standard InChI is InChI=1S/C14H13NO7S2/c15-11-5-3-9(13(7-11)23(17,18)19)1-2-10-4-6-12(16)8-14(10)24(20,21)22/h1-8,16H,15H2,(H,17,18,19)(H,20,21,22)/b2-1+. The van der Waals surface area contributed by atoms with Crippen LogP contribution in [0.1, 0.15) is 11.1 Å². The van der Waals surface area contributed by atoms with E-state index >= 15 is 0 Å². The second kappa shape index (κ2) is 6.24. The minimum absolute atomic E-state index is 0.00779. The van der Waals surface area contributed by atoms with Crippen LogP contribution in [0.2, 0.25) is 0 Å². The zero-order valence-electron chi connectivity index (χ0n) is 12.0. The van der Waals surface area contributed by atoms with Gasteiger partial charge in [0, 0.05) is 11.8 Å². The average Bonchev–Trinajstić information content (AvgIpc) is 2.45. The highest BCUT2D eigenvalue weighted by molar-refractivity contribution is 7.86. The molecule has 0 atom stereocenters. The van der Waals surface area contributed by atoms with Crippen molar-refractivity contribution < 1.29 is 31.0 Å². The molecule has 0 heterocycles. The Labute approximate surface area is 138 Å². The molecule has 0 unspecified atom stereocenters. The summed E-state index contributed by atoms with van der Waals surface area (Å²) in [6.07, 6.45) is 2.44. The van der Waals surface area contributed by atoms with Crippen molar-refractivity contribution in [3.8, 4) is 5.75 Å². The molecule has 0 saturated heterocycles. The van der Waals surface area contributed by atoms with Gasteiger partial charge < -0.3 is 10.8 Å². The number of phenols is 1. The zero-order valence-corrected chi connectivity index (χ0v) is 13.6. The molecule has 0 radical (unpaired) electrons. The van der Waals surface area contributed by atoms with Crippen molar-refractivity contribution >= 4 is 38.1 Å². The SMILES string of the molecule is Nc1ccc(/C=C/c2ccc(O)cc2S(=O)(=O)O)c(S(=O)(=O)O)c1. The number of nitrogens with two attached hydrogens (primary N) is 1. The number of anilines is 1. The fraction of sp³-hybridized carbons (Fsp3) is 0. The normalized spacial score (nSPS) is 12.6. The highest BCUT2D eigenvalue weighted by Crippen LogP contribution is 2.25. The molecular weight excluding hydrogens is 358 g/mol. The lowest BCUT2D eigenvalue weighted by molar-refractivity contribution is 0.466. The Morgan fingerprint density at radius 3 is 1.75 bits per heavy atom. The molecule has 8 nitrogen and oxygen atoms in total. The summed E-state index contributed by atoms with van der Waals surface area (Å²) < 4.78 is 63.9. The molecule has 0 saturated carbocycles. The second-order valence-electron chi connectivity index (χ2n) is 4.80. The van der Waals surface area contributed by atoms with Gasteiger partial charge in [0.1, 0.15) is 15.5 Å². The van der Waals surface area contributed by atoms with Gasteiger partial charge >= 0.3 is 0 Å². The topological polar surface area (TPSA) is 155 Å².